The first-order chi connectivity index (χ1) is 7.56. The molecule has 1 aliphatic carbocycles. The van der Waals surface area contributed by atoms with Crippen LogP contribution in [0.5, 0.6) is 5.75 Å². The highest BCUT2D eigenvalue weighted by Gasteiger charge is 2.27. The summed E-state index contributed by atoms with van der Waals surface area (Å²) in [6.45, 7) is 6.35. The Labute approximate surface area is 97.3 Å². The molecule has 1 aliphatic rings. The summed E-state index contributed by atoms with van der Waals surface area (Å²) in [6, 6.07) is 2.17. The van der Waals surface area contributed by atoms with Crippen LogP contribution in [0.3, 0.4) is 0 Å². The Bertz CT molecular complexity index is 410. The van der Waals surface area contributed by atoms with Crippen LogP contribution in [-0.2, 0) is 0 Å². The van der Waals surface area contributed by atoms with Crippen LogP contribution in [0.2, 0.25) is 0 Å². The molecule has 2 rings (SSSR count). The van der Waals surface area contributed by atoms with Gasteiger partial charge in [-0.2, -0.15) is 0 Å². The standard InChI is InChI=1S/C14H20O2/c1-8-5-6-12(15)13-10(3)14(16-4)9(2)7-11(8)13/h7-8,12,15H,5-6H2,1-4H3/t8?,12-/m0/s1. The molecule has 0 saturated carbocycles. The molecule has 2 atom stereocenters. The summed E-state index contributed by atoms with van der Waals surface area (Å²) in [5.74, 6) is 1.47. The van der Waals surface area contributed by atoms with Crippen LogP contribution in [0, 0.1) is 13.8 Å². The highest BCUT2D eigenvalue weighted by Crippen LogP contribution is 2.42. The third kappa shape index (κ3) is 1.61. The van der Waals surface area contributed by atoms with E-state index in [0.717, 1.165) is 29.7 Å². The van der Waals surface area contributed by atoms with Crippen LogP contribution in [-0.4, -0.2) is 12.2 Å². The summed E-state index contributed by atoms with van der Waals surface area (Å²) in [4.78, 5) is 0. The topological polar surface area (TPSA) is 29.5 Å². The lowest BCUT2D eigenvalue weighted by molar-refractivity contribution is 0.150. The molecule has 16 heavy (non-hydrogen) atoms. The molecule has 2 heteroatoms. The second kappa shape index (κ2) is 4.10. The highest BCUT2D eigenvalue weighted by molar-refractivity contribution is 5.52. The zero-order valence-electron chi connectivity index (χ0n) is 10.5. The third-order valence-corrected chi connectivity index (χ3v) is 3.73. The fourth-order valence-corrected chi connectivity index (χ4v) is 2.88. The van der Waals surface area contributed by atoms with E-state index in [2.05, 4.69) is 19.9 Å². The Morgan fingerprint density at radius 3 is 2.62 bits per heavy atom. The quantitative estimate of drug-likeness (QED) is 0.787. The van der Waals surface area contributed by atoms with Crippen molar-refractivity contribution in [1.82, 2.24) is 0 Å². The molecule has 1 unspecified atom stereocenters. The average molecular weight is 220 g/mol. The van der Waals surface area contributed by atoms with E-state index in [0.29, 0.717) is 5.92 Å². The SMILES string of the molecule is COc1c(C)cc2c(c1C)[C@@H](O)CCC2C. The van der Waals surface area contributed by atoms with Gasteiger partial charge in [0, 0.05) is 0 Å². The number of hydrogen-bond donors (Lipinski definition) is 1. The second-order valence-corrected chi connectivity index (χ2v) is 4.85. The number of aryl methyl sites for hydroxylation is 1. The lowest BCUT2D eigenvalue weighted by Crippen LogP contribution is -2.15. The van der Waals surface area contributed by atoms with E-state index < -0.39 is 0 Å². The van der Waals surface area contributed by atoms with Crippen molar-refractivity contribution in [2.75, 3.05) is 7.11 Å². The summed E-state index contributed by atoms with van der Waals surface area (Å²) in [6.07, 6.45) is 1.61. The van der Waals surface area contributed by atoms with Crippen LogP contribution >= 0.6 is 0 Å². The van der Waals surface area contributed by atoms with Crippen LogP contribution in [0.25, 0.3) is 0 Å². The first-order valence-electron chi connectivity index (χ1n) is 5.92. The first-order valence-corrected chi connectivity index (χ1v) is 5.92. The molecule has 0 amide bonds. The van der Waals surface area contributed by atoms with E-state index in [1.54, 1.807) is 7.11 Å². The van der Waals surface area contributed by atoms with Gasteiger partial charge in [-0.25, -0.2) is 0 Å². The predicted molar refractivity (Wildman–Crippen MR) is 65.1 cm³/mol. The summed E-state index contributed by atoms with van der Waals surface area (Å²) in [5.41, 5.74) is 4.67. The number of fused-ring (bicyclic) bond motifs is 1. The Kier molecular flexibility index (Phi) is 2.94. The highest BCUT2D eigenvalue weighted by atomic mass is 16.5. The van der Waals surface area contributed by atoms with Crippen molar-refractivity contribution in [3.63, 3.8) is 0 Å². The molecule has 2 nitrogen and oxygen atoms in total. The lowest BCUT2D eigenvalue weighted by Gasteiger charge is -2.30. The van der Waals surface area contributed by atoms with Gasteiger partial charge < -0.3 is 9.84 Å². The molecule has 0 spiro atoms. The van der Waals surface area contributed by atoms with Crippen LogP contribution in [0.15, 0.2) is 6.07 Å². The minimum absolute atomic E-state index is 0.319. The van der Waals surface area contributed by atoms with Crippen molar-refractivity contribution >= 4 is 0 Å². The third-order valence-electron chi connectivity index (χ3n) is 3.73. The fraction of sp³-hybridized carbons (Fsp3) is 0.571. The van der Waals surface area contributed by atoms with Crippen molar-refractivity contribution in [2.45, 2.75) is 45.6 Å². The van der Waals surface area contributed by atoms with Gasteiger partial charge in [0.25, 0.3) is 0 Å². The second-order valence-electron chi connectivity index (χ2n) is 4.85. The molecule has 0 bridgehead atoms. The van der Waals surface area contributed by atoms with Gasteiger partial charge in [0.05, 0.1) is 13.2 Å². The summed E-state index contributed by atoms with van der Waals surface area (Å²) < 4.78 is 5.41. The zero-order chi connectivity index (χ0) is 11.9. The maximum atomic E-state index is 10.1. The van der Waals surface area contributed by atoms with Gasteiger partial charge in [0.1, 0.15) is 5.75 Å². The number of methoxy groups -OCH3 is 1. The van der Waals surface area contributed by atoms with Crippen molar-refractivity contribution < 1.29 is 9.84 Å². The number of hydrogen-bond acceptors (Lipinski definition) is 2. The van der Waals surface area contributed by atoms with E-state index in [-0.39, 0.29) is 6.10 Å². The molecule has 0 heterocycles. The van der Waals surface area contributed by atoms with Gasteiger partial charge in [0.2, 0.25) is 0 Å². The number of aliphatic hydroxyl groups excluding tert-OH is 1. The Morgan fingerprint density at radius 1 is 1.31 bits per heavy atom. The van der Waals surface area contributed by atoms with Gasteiger partial charge in [-0.15, -0.1) is 0 Å². The summed E-state index contributed by atoms with van der Waals surface area (Å²) in [5, 5.41) is 10.1. The maximum absolute atomic E-state index is 10.1. The summed E-state index contributed by atoms with van der Waals surface area (Å²) in [7, 11) is 1.69. The molecule has 0 radical (unpaired) electrons. The van der Waals surface area contributed by atoms with E-state index in [9.17, 15) is 5.11 Å². The largest absolute Gasteiger partial charge is 0.496 e. The fourth-order valence-electron chi connectivity index (χ4n) is 2.88. The van der Waals surface area contributed by atoms with Gasteiger partial charge in [-0.1, -0.05) is 13.0 Å². The molecule has 1 N–H and O–H groups in total. The number of rotatable bonds is 1. The predicted octanol–water partition coefficient (Wildman–Crippen LogP) is 3.24. The molecule has 1 aromatic rings. The number of benzene rings is 1. The molecule has 0 saturated heterocycles. The monoisotopic (exact) mass is 220 g/mol. The van der Waals surface area contributed by atoms with Gasteiger partial charge in [0.15, 0.2) is 0 Å². The minimum Gasteiger partial charge on any atom is -0.496 e. The normalized spacial score (nSPS) is 24.1. The van der Waals surface area contributed by atoms with Crippen molar-refractivity contribution in [1.29, 1.82) is 0 Å². The Morgan fingerprint density at radius 2 is 2.00 bits per heavy atom. The number of ether oxygens (including phenoxy) is 1. The molecular formula is C14H20O2. The van der Waals surface area contributed by atoms with E-state index in [4.69, 9.17) is 4.74 Å². The van der Waals surface area contributed by atoms with Gasteiger partial charge >= 0.3 is 0 Å². The molecular weight excluding hydrogens is 200 g/mol. The smallest absolute Gasteiger partial charge is 0.125 e. The van der Waals surface area contributed by atoms with Gasteiger partial charge in [-0.3, -0.25) is 0 Å². The van der Waals surface area contributed by atoms with Crippen molar-refractivity contribution in [3.05, 3.63) is 28.3 Å². The van der Waals surface area contributed by atoms with Crippen LogP contribution in [0.1, 0.15) is 54.0 Å². The number of aliphatic hydroxyl groups is 1. The molecule has 1 aromatic carbocycles. The lowest BCUT2D eigenvalue weighted by atomic mass is 9.79. The van der Waals surface area contributed by atoms with Crippen molar-refractivity contribution in [2.24, 2.45) is 0 Å². The molecule has 0 aromatic heterocycles. The summed E-state index contributed by atoms with van der Waals surface area (Å²) >= 11 is 0. The molecule has 88 valence electrons. The van der Waals surface area contributed by atoms with Crippen LogP contribution < -0.4 is 4.74 Å². The van der Waals surface area contributed by atoms with E-state index in [1.807, 2.05) is 6.92 Å². The van der Waals surface area contributed by atoms with E-state index in [1.165, 1.54) is 11.1 Å². The first kappa shape index (κ1) is 11.5. The van der Waals surface area contributed by atoms with E-state index >= 15 is 0 Å². The van der Waals surface area contributed by atoms with Crippen LogP contribution in [0.4, 0.5) is 0 Å². The molecule has 0 aliphatic heterocycles. The Hall–Kier alpha value is -1.02. The zero-order valence-corrected chi connectivity index (χ0v) is 10.5. The van der Waals surface area contributed by atoms with Crippen molar-refractivity contribution in [3.8, 4) is 5.75 Å². The minimum atomic E-state index is -0.319. The maximum Gasteiger partial charge on any atom is 0.125 e. The average Bonchev–Trinajstić information content (AvgIpc) is 2.24. The molecule has 0 fully saturated rings. The van der Waals surface area contributed by atoms with Gasteiger partial charge in [-0.05, 0) is 54.9 Å². The Balaban J connectivity index is 2.66.